The summed E-state index contributed by atoms with van der Waals surface area (Å²) in [6.45, 7) is 5.09. The molecule has 4 heteroatoms. The van der Waals surface area contributed by atoms with E-state index in [9.17, 15) is 9.59 Å². The lowest BCUT2D eigenvalue weighted by molar-refractivity contribution is 0.0949. The molecule has 0 spiro atoms. The molecule has 0 saturated carbocycles. The third kappa shape index (κ3) is 3.92. The van der Waals surface area contributed by atoms with Gasteiger partial charge >= 0.3 is 0 Å². The third-order valence-electron chi connectivity index (χ3n) is 5.43. The Kier molecular flexibility index (Phi) is 5.17. The number of anilines is 1. The summed E-state index contributed by atoms with van der Waals surface area (Å²) >= 11 is 0. The second-order valence-electron chi connectivity index (χ2n) is 7.53. The smallest absolute Gasteiger partial charge is 0.258 e. The van der Waals surface area contributed by atoms with Crippen molar-refractivity contribution in [1.82, 2.24) is 5.32 Å². The standard InChI is InChI=1S/C25H24N2O2/c1-17-7-10-20(11-8-17)25(29)27-14-13-21-15-19(9-12-23(21)27)16-26-24(28)22-6-4-3-5-18(22)2/h3-12,15H,13-14,16H2,1-2H3,(H,26,28). The first-order valence-electron chi connectivity index (χ1n) is 9.87. The Labute approximate surface area is 171 Å². The lowest BCUT2D eigenvalue weighted by Crippen LogP contribution is -2.28. The van der Waals surface area contributed by atoms with Gasteiger partial charge < -0.3 is 10.2 Å². The number of nitrogens with zero attached hydrogens (tertiary/aromatic N) is 1. The van der Waals surface area contributed by atoms with Crippen LogP contribution in [-0.4, -0.2) is 18.4 Å². The summed E-state index contributed by atoms with van der Waals surface area (Å²) in [7, 11) is 0. The van der Waals surface area contributed by atoms with Crippen molar-refractivity contribution in [3.8, 4) is 0 Å². The zero-order valence-corrected chi connectivity index (χ0v) is 16.7. The van der Waals surface area contributed by atoms with Crippen LogP contribution in [-0.2, 0) is 13.0 Å². The quantitative estimate of drug-likeness (QED) is 0.723. The first-order chi connectivity index (χ1) is 14.0. The van der Waals surface area contributed by atoms with Gasteiger partial charge in [0.05, 0.1) is 0 Å². The second-order valence-corrected chi connectivity index (χ2v) is 7.53. The molecule has 0 unspecified atom stereocenters. The number of benzene rings is 3. The van der Waals surface area contributed by atoms with Gasteiger partial charge in [-0.25, -0.2) is 0 Å². The molecule has 0 aliphatic carbocycles. The molecule has 0 radical (unpaired) electrons. The van der Waals surface area contributed by atoms with Crippen molar-refractivity contribution in [2.45, 2.75) is 26.8 Å². The molecule has 0 aromatic heterocycles. The van der Waals surface area contributed by atoms with Crippen LogP contribution in [0.25, 0.3) is 0 Å². The highest BCUT2D eigenvalue weighted by Crippen LogP contribution is 2.30. The number of hydrogen-bond donors (Lipinski definition) is 1. The number of carbonyl (C=O) groups is 2. The van der Waals surface area contributed by atoms with Crippen molar-refractivity contribution >= 4 is 17.5 Å². The molecular weight excluding hydrogens is 360 g/mol. The first-order valence-corrected chi connectivity index (χ1v) is 9.87. The van der Waals surface area contributed by atoms with E-state index in [1.165, 1.54) is 0 Å². The predicted molar refractivity (Wildman–Crippen MR) is 115 cm³/mol. The van der Waals surface area contributed by atoms with Crippen molar-refractivity contribution in [1.29, 1.82) is 0 Å². The molecule has 4 nitrogen and oxygen atoms in total. The maximum Gasteiger partial charge on any atom is 0.258 e. The minimum atomic E-state index is -0.0697. The van der Waals surface area contributed by atoms with Crippen molar-refractivity contribution in [2.75, 3.05) is 11.4 Å². The molecule has 4 rings (SSSR count). The zero-order chi connectivity index (χ0) is 20.4. The topological polar surface area (TPSA) is 49.4 Å². The molecule has 2 amide bonds. The zero-order valence-electron chi connectivity index (χ0n) is 16.7. The van der Waals surface area contributed by atoms with Gasteiger partial charge in [-0.05, 0) is 61.2 Å². The number of aryl methyl sites for hydroxylation is 2. The van der Waals surface area contributed by atoms with Crippen molar-refractivity contribution in [3.63, 3.8) is 0 Å². The van der Waals surface area contributed by atoms with Gasteiger partial charge in [0.1, 0.15) is 0 Å². The van der Waals surface area contributed by atoms with Crippen LogP contribution in [0, 0.1) is 13.8 Å². The normalized spacial score (nSPS) is 12.6. The minimum absolute atomic E-state index is 0.0318. The Balaban J connectivity index is 1.46. The molecule has 3 aromatic rings. The molecule has 3 aromatic carbocycles. The molecule has 29 heavy (non-hydrogen) atoms. The van der Waals surface area contributed by atoms with E-state index in [0.29, 0.717) is 24.2 Å². The molecule has 1 N–H and O–H groups in total. The predicted octanol–water partition coefficient (Wildman–Crippen LogP) is 4.44. The summed E-state index contributed by atoms with van der Waals surface area (Å²) < 4.78 is 0. The van der Waals surface area contributed by atoms with Crippen molar-refractivity contribution < 1.29 is 9.59 Å². The number of rotatable bonds is 4. The highest BCUT2D eigenvalue weighted by atomic mass is 16.2. The summed E-state index contributed by atoms with van der Waals surface area (Å²) in [6.07, 6.45) is 0.826. The van der Waals surface area contributed by atoms with E-state index in [-0.39, 0.29) is 11.8 Å². The van der Waals surface area contributed by atoms with Gasteiger partial charge in [0.2, 0.25) is 0 Å². The average Bonchev–Trinajstić information content (AvgIpc) is 3.15. The molecule has 0 bridgehead atoms. The van der Waals surface area contributed by atoms with E-state index in [0.717, 1.165) is 34.4 Å². The summed E-state index contributed by atoms with van der Waals surface area (Å²) in [6, 6.07) is 21.3. The lowest BCUT2D eigenvalue weighted by Gasteiger charge is -2.18. The number of amides is 2. The molecule has 1 aliphatic rings. The fraction of sp³-hybridized carbons (Fsp3) is 0.200. The highest BCUT2D eigenvalue weighted by molar-refractivity contribution is 6.07. The summed E-state index contributed by atoms with van der Waals surface area (Å²) in [5, 5.41) is 2.99. The van der Waals surface area contributed by atoms with E-state index in [2.05, 4.69) is 11.4 Å². The Bertz CT molecular complexity index is 1070. The molecule has 0 atom stereocenters. The monoisotopic (exact) mass is 384 g/mol. The van der Waals surface area contributed by atoms with E-state index in [4.69, 9.17) is 0 Å². The van der Waals surface area contributed by atoms with Crippen LogP contribution < -0.4 is 10.2 Å². The SMILES string of the molecule is Cc1ccc(C(=O)N2CCc3cc(CNC(=O)c4ccccc4C)ccc32)cc1. The molecule has 1 heterocycles. The largest absolute Gasteiger partial charge is 0.348 e. The molecule has 0 saturated heterocycles. The van der Waals surface area contributed by atoms with Crippen LogP contribution in [0.1, 0.15) is 43.0 Å². The Morgan fingerprint density at radius 1 is 0.966 bits per heavy atom. The average molecular weight is 384 g/mol. The molecule has 146 valence electrons. The number of hydrogen-bond acceptors (Lipinski definition) is 2. The summed E-state index contributed by atoms with van der Waals surface area (Å²) in [4.78, 5) is 27.2. The minimum Gasteiger partial charge on any atom is -0.348 e. The van der Waals surface area contributed by atoms with Crippen LogP contribution >= 0.6 is 0 Å². The summed E-state index contributed by atoms with van der Waals surface area (Å²) in [5.74, 6) is -0.0378. The van der Waals surface area contributed by atoms with Gasteiger partial charge in [0, 0.05) is 29.9 Å². The van der Waals surface area contributed by atoms with Crippen molar-refractivity contribution in [2.24, 2.45) is 0 Å². The van der Waals surface area contributed by atoms with Gasteiger partial charge in [0.25, 0.3) is 11.8 Å². The van der Waals surface area contributed by atoms with E-state index in [1.54, 1.807) is 0 Å². The van der Waals surface area contributed by atoms with Crippen molar-refractivity contribution in [3.05, 3.63) is 100 Å². The molecule has 1 aliphatic heterocycles. The number of fused-ring (bicyclic) bond motifs is 1. The second kappa shape index (κ2) is 7.92. The molecular formula is C25H24N2O2. The highest BCUT2D eigenvalue weighted by Gasteiger charge is 2.25. The van der Waals surface area contributed by atoms with E-state index < -0.39 is 0 Å². The lowest BCUT2D eigenvalue weighted by atomic mass is 10.1. The fourth-order valence-electron chi connectivity index (χ4n) is 3.73. The van der Waals surface area contributed by atoms with Gasteiger partial charge in [-0.3, -0.25) is 9.59 Å². The van der Waals surface area contributed by atoms with Crippen LogP contribution in [0.5, 0.6) is 0 Å². The fourth-order valence-corrected chi connectivity index (χ4v) is 3.73. The van der Waals surface area contributed by atoms with Gasteiger partial charge in [-0.1, -0.05) is 48.0 Å². The van der Waals surface area contributed by atoms with E-state index >= 15 is 0 Å². The maximum atomic E-state index is 12.9. The Morgan fingerprint density at radius 2 is 1.72 bits per heavy atom. The van der Waals surface area contributed by atoms with Gasteiger partial charge in [0.15, 0.2) is 0 Å². The van der Waals surface area contributed by atoms with Crippen LogP contribution in [0.2, 0.25) is 0 Å². The number of carbonyl (C=O) groups excluding carboxylic acids is 2. The first kappa shape index (κ1) is 18.9. The van der Waals surface area contributed by atoms with Crippen LogP contribution in [0.15, 0.2) is 66.7 Å². The van der Waals surface area contributed by atoms with Gasteiger partial charge in [-0.2, -0.15) is 0 Å². The van der Waals surface area contributed by atoms with Crippen LogP contribution in [0.4, 0.5) is 5.69 Å². The van der Waals surface area contributed by atoms with E-state index in [1.807, 2.05) is 79.4 Å². The summed E-state index contributed by atoms with van der Waals surface area (Å²) in [5.41, 5.74) is 6.65. The number of nitrogens with one attached hydrogen (secondary N) is 1. The van der Waals surface area contributed by atoms with Crippen LogP contribution in [0.3, 0.4) is 0 Å². The maximum absolute atomic E-state index is 12.9. The Morgan fingerprint density at radius 3 is 2.48 bits per heavy atom. The molecule has 0 fully saturated rings. The van der Waals surface area contributed by atoms with Gasteiger partial charge in [-0.15, -0.1) is 0 Å². The third-order valence-corrected chi connectivity index (χ3v) is 5.43. The Hall–Kier alpha value is -3.40.